The van der Waals surface area contributed by atoms with Crippen molar-refractivity contribution in [1.29, 1.82) is 0 Å². The van der Waals surface area contributed by atoms with E-state index in [2.05, 4.69) is 6.92 Å². The summed E-state index contributed by atoms with van der Waals surface area (Å²) in [6, 6.07) is 2.00. The van der Waals surface area contributed by atoms with Gasteiger partial charge in [-0.1, -0.05) is 25.5 Å². The van der Waals surface area contributed by atoms with E-state index in [1.54, 1.807) is 4.90 Å². The van der Waals surface area contributed by atoms with Crippen LogP contribution in [0.2, 0.25) is 0 Å². The molecule has 0 aliphatic carbocycles. The average Bonchev–Trinajstić information content (AvgIpc) is 3.03. The number of unbranched alkanes of at least 4 members (excludes halogenated alkanes) is 1. The molecule has 49 heavy (non-hydrogen) atoms. The van der Waals surface area contributed by atoms with Crippen LogP contribution in [0.25, 0.3) is 0 Å². The number of carboxylic acids is 4. The van der Waals surface area contributed by atoms with E-state index >= 15 is 0 Å². The smallest absolute Gasteiger partial charge is 0.548 e. The Balaban J connectivity index is 0.0000120. The van der Waals surface area contributed by atoms with Crippen LogP contribution in [0, 0.1) is 39.9 Å². The molecule has 0 aromatic heterocycles. The molecule has 4 N–H and O–H groups in total. The molecular weight excluding hydrogens is 790 g/mol. The quantitative estimate of drug-likeness (QED) is 0.0957. The van der Waals surface area contributed by atoms with Crippen molar-refractivity contribution in [3.63, 3.8) is 0 Å². The summed E-state index contributed by atoms with van der Waals surface area (Å²) in [7, 11) is 0. The topological polar surface area (TPSA) is 241 Å². The van der Waals surface area contributed by atoms with Crippen LogP contribution in [0.3, 0.4) is 0 Å². The summed E-state index contributed by atoms with van der Waals surface area (Å²) in [4.78, 5) is 53.8. The van der Waals surface area contributed by atoms with Crippen LogP contribution in [-0.2, 0) is 25.6 Å². The molecule has 0 bridgehead atoms. The molecule has 1 aliphatic heterocycles. The van der Waals surface area contributed by atoms with Gasteiger partial charge in [0.2, 0.25) is 0 Å². The molecule has 277 valence electrons. The summed E-state index contributed by atoms with van der Waals surface area (Å²) in [6.45, 7) is -0.583. The first kappa shape index (κ1) is 45.0. The van der Waals surface area contributed by atoms with Gasteiger partial charge in [0.15, 0.2) is 0 Å². The Bertz CT molecular complexity index is 1130. The van der Waals surface area contributed by atoms with Gasteiger partial charge in [0.05, 0.1) is 62.5 Å². The molecule has 1 aromatic carbocycles. The van der Waals surface area contributed by atoms with E-state index in [0.29, 0.717) is 19.4 Å². The van der Waals surface area contributed by atoms with Gasteiger partial charge >= 0.3 is 45.9 Å². The molecule has 16 nitrogen and oxygen atoms in total. The van der Waals surface area contributed by atoms with Crippen molar-refractivity contribution in [1.82, 2.24) is 19.6 Å². The van der Waals surface area contributed by atoms with Crippen LogP contribution in [0.1, 0.15) is 38.2 Å². The Morgan fingerprint density at radius 1 is 0.714 bits per heavy atom. The van der Waals surface area contributed by atoms with E-state index in [9.17, 15) is 54.9 Å². The molecule has 1 aliphatic rings. The zero-order valence-corrected chi connectivity index (χ0v) is 30.1. The fraction of sp³-hybridized carbons (Fsp3) is 0.688. The molecule has 17 heteroatoms. The SMILES string of the molecule is CCCCOc1cccc(CCC[C@@H](C(=O)O)N2CCN([C@@H](CO)C(=O)[O-])CCN([C@@H](CO)C(=O)[O-])CCN([C@@H](CO)C(=O)[O-])CC2)c1.[Gd+3]. The van der Waals surface area contributed by atoms with Crippen molar-refractivity contribution in [3.05, 3.63) is 29.8 Å². The van der Waals surface area contributed by atoms with E-state index in [1.807, 2.05) is 24.3 Å². The number of carbonyl (C=O) groups is 4. The Morgan fingerprint density at radius 3 is 1.47 bits per heavy atom. The second kappa shape index (κ2) is 24.2. The largest absolute Gasteiger partial charge is 3.00 e. The van der Waals surface area contributed by atoms with Crippen molar-refractivity contribution in [2.45, 2.75) is 63.2 Å². The number of hydrogen-bond acceptors (Lipinski definition) is 15. The minimum absolute atomic E-state index is 0. The van der Waals surface area contributed by atoms with Crippen LogP contribution in [0.15, 0.2) is 24.3 Å². The summed E-state index contributed by atoms with van der Waals surface area (Å²) in [5.74, 6) is -5.18. The molecule has 0 spiro atoms. The van der Waals surface area contributed by atoms with Crippen LogP contribution < -0.4 is 20.1 Å². The van der Waals surface area contributed by atoms with Crippen molar-refractivity contribution in [3.8, 4) is 5.75 Å². The Labute approximate surface area is 318 Å². The summed E-state index contributed by atoms with van der Waals surface area (Å²) >= 11 is 0. The van der Waals surface area contributed by atoms with Crippen LogP contribution >= 0.6 is 0 Å². The van der Waals surface area contributed by atoms with Crippen molar-refractivity contribution in [2.75, 3.05) is 78.8 Å². The number of aliphatic hydroxyl groups is 3. The second-order valence-electron chi connectivity index (χ2n) is 11.8. The molecule has 1 fully saturated rings. The predicted molar refractivity (Wildman–Crippen MR) is 165 cm³/mol. The molecule has 1 radical (unpaired) electrons. The molecule has 0 saturated carbocycles. The molecule has 1 aromatic rings. The summed E-state index contributed by atoms with van der Waals surface area (Å²) < 4.78 is 5.78. The van der Waals surface area contributed by atoms with Gasteiger partial charge in [-0.3, -0.25) is 24.4 Å². The van der Waals surface area contributed by atoms with Gasteiger partial charge in [-0.05, 0) is 43.4 Å². The minimum Gasteiger partial charge on any atom is -0.548 e. The van der Waals surface area contributed by atoms with Gasteiger partial charge in [0, 0.05) is 52.4 Å². The number of hydrogen-bond donors (Lipinski definition) is 4. The standard InChI is InChI=1S/C32H52N4O12.Gd/c1-2-3-18-48-24-8-4-6-23(19-24)7-5-9-25(29(40)41)33-10-12-34(26(20-37)30(42)43)14-16-36(28(22-39)32(46)47)17-15-35(13-11-33)27(21-38)31(44)45;/h4,6,8,19,25-28,37-39H,2-3,5,7,9-18,20-22H2,1H3,(H,40,41)(H,42,43)(H,44,45)(H,46,47);/q;+3/p-3/t25-,26-,27-,28-;/m0./s1. The van der Waals surface area contributed by atoms with Crippen LogP contribution in [0.5, 0.6) is 5.75 Å². The van der Waals surface area contributed by atoms with Gasteiger partial charge < -0.3 is 54.9 Å². The number of aliphatic hydroxyl groups excluding tert-OH is 3. The summed E-state index contributed by atoms with van der Waals surface area (Å²) in [5.41, 5.74) is 0.959. The zero-order chi connectivity index (χ0) is 35.6. The zero-order valence-electron chi connectivity index (χ0n) is 27.8. The molecule has 2 rings (SSSR count). The predicted octanol–water partition coefficient (Wildman–Crippen LogP) is -4.80. The molecular formula is C32H49GdN4O12. The van der Waals surface area contributed by atoms with E-state index < -0.39 is 67.9 Å². The van der Waals surface area contributed by atoms with Gasteiger partial charge in [-0.2, -0.15) is 0 Å². The number of carbonyl (C=O) groups excluding carboxylic acids is 3. The van der Waals surface area contributed by atoms with Crippen molar-refractivity contribution >= 4 is 23.9 Å². The van der Waals surface area contributed by atoms with Gasteiger partial charge in [-0.15, -0.1) is 0 Å². The van der Waals surface area contributed by atoms with E-state index in [1.165, 1.54) is 14.7 Å². The van der Waals surface area contributed by atoms with Gasteiger partial charge in [-0.25, -0.2) is 0 Å². The first-order valence-corrected chi connectivity index (χ1v) is 16.3. The Morgan fingerprint density at radius 2 is 1.12 bits per heavy atom. The summed E-state index contributed by atoms with van der Waals surface area (Å²) in [6.07, 6.45) is 3.13. The maximum absolute atomic E-state index is 12.6. The number of aliphatic carboxylic acids is 4. The fourth-order valence-electron chi connectivity index (χ4n) is 5.83. The Hall–Kier alpha value is -2.06. The number of rotatable bonds is 19. The second-order valence-corrected chi connectivity index (χ2v) is 11.8. The van der Waals surface area contributed by atoms with Crippen molar-refractivity contribution in [2.24, 2.45) is 0 Å². The minimum atomic E-state index is -1.61. The molecule has 1 heterocycles. The maximum atomic E-state index is 12.6. The van der Waals surface area contributed by atoms with E-state index in [-0.39, 0.29) is 98.7 Å². The third-order valence-electron chi connectivity index (χ3n) is 8.69. The van der Waals surface area contributed by atoms with E-state index in [4.69, 9.17) is 4.74 Å². The number of aryl methyl sites for hydroxylation is 1. The monoisotopic (exact) mass is 839 g/mol. The molecule has 4 atom stereocenters. The number of carboxylic acid groups (broad SMARTS) is 4. The molecule has 0 amide bonds. The number of ether oxygens (including phenoxy) is 1. The first-order chi connectivity index (χ1) is 23.0. The third kappa shape index (κ3) is 15.0. The third-order valence-corrected chi connectivity index (χ3v) is 8.69. The average molecular weight is 839 g/mol. The maximum Gasteiger partial charge on any atom is 3.00 e. The number of benzene rings is 1. The molecule has 1 saturated heterocycles. The normalized spacial score (nSPS) is 18.5. The fourth-order valence-corrected chi connectivity index (χ4v) is 5.83. The summed E-state index contributed by atoms with van der Waals surface area (Å²) in [5, 5.41) is 75.4. The Kier molecular flexibility index (Phi) is 22.2. The number of nitrogens with zero attached hydrogens (tertiary/aromatic N) is 4. The van der Waals surface area contributed by atoms with E-state index in [0.717, 1.165) is 24.2 Å². The molecule has 0 unspecified atom stereocenters. The van der Waals surface area contributed by atoms with Gasteiger partial charge in [0.1, 0.15) is 11.8 Å². The van der Waals surface area contributed by atoms with Crippen molar-refractivity contribution < 1.29 is 99.6 Å². The van der Waals surface area contributed by atoms with Crippen LogP contribution in [-0.4, -0.2) is 167 Å². The first-order valence-electron chi connectivity index (χ1n) is 16.3. The van der Waals surface area contributed by atoms with Gasteiger partial charge in [0.25, 0.3) is 0 Å². The van der Waals surface area contributed by atoms with Crippen LogP contribution in [0.4, 0.5) is 0 Å².